The number of rotatable bonds is 5. The molecule has 1 heterocycles. The molecule has 1 aliphatic rings. The van der Waals surface area contributed by atoms with Crippen LogP contribution in [0.3, 0.4) is 0 Å². The van der Waals surface area contributed by atoms with Crippen LogP contribution in [0.25, 0.3) is 0 Å². The van der Waals surface area contributed by atoms with Crippen LogP contribution in [0.4, 0.5) is 0 Å². The van der Waals surface area contributed by atoms with E-state index in [1.54, 1.807) is 0 Å². The molecule has 1 saturated heterocycles. The molecule has 102 valence electrons. The summed E-state index contributed by atoms with van der Waals surface area (Å²) in [7, 11) is -0.607. The molecule has 1 N–H and O–H groups in total. The average molecular weight is 278 g/mol. The lowest BCUT2D eigenvalue weighted by molar-refractivity contribution is 0.367. The van der Waals surface area contributed by atoms with E-state index < -0.39 is 10.8 Å². The van der Waals surface area contributed by atoms with Crippen molar-refractivity contribution in [3.8, 4) is 11.8 Å². The predicted molar refractivity (Wildman–Crippen MR) is 75.3 cm³/mol. The van der Waals surface area contributed by atoms with Crippen LogP contribution in [0.15, 0.2) is 24.3 Å². The molecule has 0 aromatic heterocycles. The number of nitrogens with one attached hydrogen (secondary N) is 1. The summed E-state index contributed by atoms with van der Waals surface area (Å²) in [5.41, 5.74) is 1.14. The van der Waals surface area contributed by atoms with Gasteiger partial charge in [-0.15, -0.1) is 0 Å². The molecule has 0 atom stereocenters. The second kappa shape index (κ2) is 7.27. The molecule has 4 nitrogen and oxygen atoms in total. The van der Waals surface area contributed by atoms with Crippen molar-refractivity contribution in [3.63, 3.8) is 0 Å². The molecule has 0 unspecified atom stereocenters. The van der Waals surface area contributed by atoms with Crippen LogP contribution in [-0.2, 0) is 17.3 Å². The van der Waals surface area contributed by atoms with Gasteiger partial charge in [0, 0.05) is 34.9 Å². The first-order chi connectivity index (χ1) is 9.28. The molecule has 0 spiro atoms. The molecule has 0 aliphatic carbocycles. The maximum atomic E-state index is 11.3. The lowest BCUT2D eigenvalue weighted by Crippen LogP contribution is -2.35. The van der Waals surface area contributed by atoms with Crippen molar-refractivity contribution in [2.24, 2.45) is 0 Å². The lowest BCUT2D eigenvalue weighted by Gasteiger charge is -2.22. The Kier molecular flexibility index (Phi) is 5.37. The molecular weight excluding hydrogens is 260 g/mol. The van der Waals surface area contributed by atoms with Crippen LogP contribution in [0.5, 0.6) is 5.75 Å². The first-order valence-corrected chi connectivity index (χ1v) is 7.94. The second-order valence-electron chi connectivity index (χ2n) is 4.60. The second-order valence-corrected chi connectivity index (χ2v) is 6.29. The molecule has 0 bridgehead atoms. The minimum Gasteiger partial charge on any atom is -0.479 e. The van der Waals surface area contributed by atoms with E-state index in [1.165, 1.54) is 0 Å². The Bertz CT molecular complexity index is 475. The van der Waals surface area contributed by atoms with E-state index in [2.05, 4.69) is 5.32 Å². The third-order valence-electron chi connectivity index (χ3n) is 3.18. The number of hydrogen-bond acceptors (Lipinski definition) is 4. The quantitative estimate of drug-likeness (QED) is 0.888. The van der Waals surface area contributed by atoms with Crippen LogP contribution in [0.1, 0.15) is 18.4 Å². The van der Waals surface area contributed by atoms with Gasteiger partial charge in [0.15, 0.2) is 6.61 Å². The smallest absolute Gasteiger partial charge is 0.174 e. The molecule has 2 rings (SSSR count). The number of nitriles is 1. The van der Waals surface area contributed by atoms with Crippen LogP contribution in [0, 0.1) is 11.3 Å². The Morgan fingerprint density at radius 1 is 1.42 bits per heavy atom. The van der Waals surface area contributed by atoms with Gasteiger partial charge in [-0.1, -0.05) is 12.1 Å². The molecule has 1 aliphatic heterocycles. The van der Waals surface area contributed by atoms with Gasteiger partial charge in [-0.2, -0.15) is 5.26 Å². The lowest BCUT2D eigenvalue weighted by atomic mass is 10.1. The number of benzene rings is 1. The fourth-order valence-corrected chi connectivity index (χ4v) is 3.42. The van der Waals surface area contributed by atoms with Crippen LogP contribution >= 0.6 is 0 Å². The summed E-state index contributed by atoms with van der Waals surface area (Å²) in [6, 6.07) is 10.2. The van der Waals surface area contributed by atoms with Crippen molar-refractivity contribution in [1.82, 2.24) is 5.32 Å². The van der Waals surface area contributed by atoms with Crippen molar-refractivity contribution < 1.29 is 8.95 Å². The average Bonchev–Trinajstić information content (AvgIpc) is 2.45. The zero-order valence-electron chi connectivity index (χ0n) is 10.8. The van der Waals surface area contributed by atoms with Crippen molar-refractivity contribution in [2.75, 3.05) is 18.1 Å². The summed E-state index contributed by atoms with van der Waals surface area (Å²) < 4.78 is 16.5. The molecular formula is C14H18N2O2S. The van der Waals surface area contributed by atoms with E-state index in [9.17, 15) is 4.21 Å². The Labute approximate surface area is 116 Å². The minimum atomic E-state index is -0.607. The van der Waals surface area contributed by atoms with E-state index in [0.29, 0.717) is 6.04 Å². The van der Waals surface area contributed by atoms with Crippen LogP contribution in [0.2, 0.25) is 0 Å². The van der Waals surface area contributed by atoms with Gasteiger partial charge in [0.25, 0.3) is 0 Å². The van der Waals surface area contributed by atoms with Gasteiger partial charge >= 0.3 is 0 Å². The molecule has 1 aromatic carbocycles. The van der Waals surface area contributed by atoms with Gasteiger partial charge < -0.3 is 10.1 Å². The first kappa shape index (κ1) is 14.0. The van der Waals surface area contributed by atoms with E-state index in [-0.39, 0.29) is 6.61 Å². The van der Waals surface area contributed by atoms with Crippen molar-refractivity contribution in [2.45, 2.75) is 25.4 Å². The summed E-state index contributed by atoms with van der Waals surface area (Å²) in [5.74, 6) is 2.34. The first-order valence-electron chi connectivity index (χ1n) is 6.45. The fraction of sp³-hybridized carbons (Fsp3) is 0.500. The molecule has 19 heavy (non-hydrogen) atoms. The monoisotopic (exact) mass is 278 g/mol. The van der Waals surface area contributed by atoms with Gasteiger partial charge in [-0.3, -0.25) is 4.21 Å². The number of ether oxygens (including phenoxy) is 1. The van der Waals surface area contributed by atoms with Crippen molar-refractivity contribution >= 4 is 10.8 Å². The van der Waals surface area contributed by atoms with Crippen molar-refractivity contribution in [3.05, 3.63) is 29.8 Å². The summed E-state index contributed by atoms with van der Waals surface area (Å²) >= 11 is 0. The van der Waals surface area contributed by atoms with Crippen LogP contribution < -0.4 is 10.1 Å². The van der Waals surface area contributed by atoms with E-state index in [0.717, 1.165) is 42.2 Å². The van der Waals surface area contributed by atoms with Gasteiger partial charge in [0.2, 0.25) is 0 Å². The summed E-state index contributed by atoms with van der Waals surface area (Å²) in [5, 5.41) is 12.0. The van der Waals surface area contributed by atoms with E-state index in [4.69, 9.17) is 10.00 Å². The third-order valence-corrected chi connectivity index (χ3v) is 4.57. The highest BCUT2D eigenvalue weighted by molar-refractivity contribution is 7.85. The zero-order chi connectivity index (χ0) is 13.5. The van der Waals surface area contributed by atoms with Crippen LogP contribution in [-0.4, -0.2) is 28.4 Å². The Morgan fingerprint density at radius 3 is 2.95 bits per heavy atom. The Morgan fingerprint density at radius 2 is 2.21 bits per heavy atom. The molecule has 0 amide bonds. The van der Waals surface area contributed by atoms with Crippen molar-refractivity contribution in [1.29, 1.82) is 5.26 Å². The van der Waals surface area contributed by atoms with E-state index >= 15 is 0 Å². The number of nitrogens with zero attached hydrogens (tertiary/aromatic N) is 1. The summed E-state index contributed by atoms with van der Waals surface area (Å²) in [4.78, 5) is 0. The maximum absolute atomic E-state index is 11.3. The third kappa shape index (κ3) is 4.66. The fourth-order valence-electron chi connectivity index (χ4n) is 2.12. The maximum Gasteiger partial charge on any atom is 0.174 e. The van der Waals surface area contributed by atoms with Gasteiger partial charge in [0.1, 0.15) is 11.8 Å². The highest BCUT2D eigenvalue weighted by atomic mass is 32.2. The van der Waals surface area contributed by atoms with E-state index in [1.807, 2.05) is 30.3 Å². The highest BCUT2D eigenvalue weighted by Crippen LogP contribution is 2.14. The normalized spacial score (nSPS) is 22.7. The summed E-state index contributed by atoms with van der Waals surface area (Å²) in [6.07, 6.45) is 1.97. The topological polar surface area (TPSA) is 62.1 Å². The Balaban J connectivity index is 1.82. The van der Waals surface area contributed by atoms with Gasteiger partial charge in [0.05, 0.1) is 0 Å². The standard InChI is InChI=1S/C14H18N2O2S/c15-6-7-18-14-3-1-2-12(10-14)11-16-13-4-8-19(17)9-5-13/h1-3,10,13,16H,4-5,7-9,11H2. The molecule has 0 radical (unpaired) electrons. The predicted octanol–water partition coefficient (Wildman–Crippen LogP) is 1.59. The SMILES string of the molecule is N#CCOc1cccc(CNC2CCS(=O)CC2)c1. The number of hydrogen-bond donors (Lipinski definition) is 1. The zero-order valence-corrected chi connectivity index (χ0v) is 11.6. The van der Waals surface area contributed by atoms with Gasteiger partial charge in [-0.05, 0) is 30.5 Å². The molecule has 5 heteroatoms. The molecule has 1 fully saturated rings. The minimum absolute atomic E-state index is 0.0747. The van der Waals surface area contributed by atoms with Gasteiger partial charge in [-0.25, -0.2) is 0 Å². The molecule has 0 saturated carbocycles. The largest absolute Gasteiger partial charge is 0.479 e. The highest BCUT2D eigenvalue weighted by Gasteiger charge is 2.16. The summed E-state index contributed by atoms with van der Waals surface area (Å²) in [6.45, 7) is 0.854. The Hall–Kier alpha value is -1.38. The molecule has 1 aromatic rings.